The topological polar surface area (TPSA) is 68.0 Å². The first-order valence-corrected chi connectivity index (χ1v) is 10.9. The Hall–Kier alpha value is -2.71. The van der Waals surface area contributed by atoms with Crippen molar-refractivity contribution in [3.05, 3.63) is 81.5 Å². The van der Waals surface area contributed by atoms with Crippen LogP contribution in [-0.4, -0.2) is 10.2 Å². The van der Waals surface area contributed by atoms with Crippen LogP contribution in [-0.2, 0) is 18.7 Å². The van der Waals surface area contributed by atoms with E-state index in [0.717, 1.165) is 32.8 Å². The first kappa shape index (κ1) is 19.6. The summed E-state index contributed by atoms with van der Waals surface area (Å²) in [6, 6.07) is 13.8. The fourth-order valence-corrected chi connectivity index (χ4v) is 4.61. The van der Waals surface area contributed by atoms with E-state index in [-0.39, 0.29) is 11.4 Å². The minimum Gasteiger partial charge on any atom is -0.423 e. The first-order valence-electron chi connectivity index (χ1n) is 9.11. The van der Waals surface area contributed by atoms with Crippen LogP contribution in [0, 0.1) is 5.82 Å². The van der Waals surface area contributed by atoms with Gasteiger partial charge in [0.2, 0.25) is 5.13 Å². The third kappa shape index (κ3) is 4.83. The summed E-state index contributed by atoms with van der Waals surface area (Å²) < 4.78 is 19.1. The molecule has 8 heteroatoms. The van der Waals surface area contributed by atoms with Gasteiger partial charge in [0.15, 0.2) is 4.34 Å². The molecular formula is C21H18FN3O2S2. The summed E-state index contributed by atoms with van der Waals surface area (Å²) in [7, 11) is 0. The molecule has 4 aromatic rings. The first-order chi connectivity index (χ1) is 14.1. The second-order valence-electron chi connectivity index (χ2n) is 6.42. The van der Waals surface area contributed by atoms with Crippen molar-refractivity contribution in [2.75, 3.05) is 5.32 Å². The quantitative estimate of drug-likeness (QED) is 0.321. The van der Waals surface area contributed by atoms with Gasteiger partial charge in [-0.1, -0.05) is 54.3 Å². The molecule has 0 aliphatic heterocycles. The van der Waals surface area contributed by atoms with Gasteiger partial charge in [-0.05, 0) is 41.3 Å². The number of rotatable bonds is 7. The summed E-state index contributed by atoms with van der Waals surface area (Å²) in [5.41, 5.74) is 3.28. The highest BCUT2D eigenvalue weighted by Crippen LogP contribution is 2.30. The number of nitrogens with zero attached hydrogens (tertiary/aromatic N) is 2. The number of aryl methyl sites for hydroxylation is 1. The van der Waals surface area contributed by atoms with Crippen molar-refractivity contribution in [2.24, 2.45) is 0 Å². The van der Waals surface area contributed by atoms with Crippen molar-refractivity contribution in [2.45, 2.75) is 30.0 Å². The summed E-state index contributed by atoms with van der Waals surface area (Å²) in [6.07, 6.45) is 0.886. The van der Waals surface area contributed by atoms with Gasteiger partial charge in [0.1, 0.15) is 11.4 Å². The Balaban J connectivity index is 1.43. The van der Waals surface area contributed by atoms with Gasteiger partial charge in [-0.15, -0.1) is 10.2 Å². The predicted octanol–water partition coefficient (Wildman–Crippen LogP) is 5.25. The van der Waals surface area contributed by atoms with E-state index < -0.39 is 0 Å². The zero-order valence-corrected chi connectivity index (χ0v) is 17.3. The van der Waals surface area contributed by atoms with Gasteiger partial charge in [0, 0.05) is 23.8 Å². The van der Waals surface area contributed by atoms with Crippen LogP contribution in [0.1, 0.15) is 23.6 Å². The van der Waals surface area contributed by atoms with E-state index in [4.69, 9.17) is 4.42 Å². The number of benzene rings is 2. The summed E-state index contributed by atoms with van der Waals surface area (Å²) in [6.45, 7) is 2.61. The molecule has 0 aliphatic rings. The monoisotopic (exact) mass is 427 g/mol. The molecule has 0 radical (unpaired) electrons. The third-order valence-electron chi connectivity index (χ3n) is 4.42. The largest absolute Gasteiger partial charge is 0.423 e. The lowest BCUT2D eigenvalue weighted by Gasteiger charge is -2.05. The molecule has 0 spiro atoms. The number of fused-ring (bicyclic) bond motifs is 1. The molecule has 0 saturated heterocycles. The predicted molar refractivity (Wildman–Crippen MR) is 115 cm³/mol. The molecular weight excluding hydrogens is 409 g/mol. The summed E-state index contributed by atoms with van der Waals surface area (Å²) >= 11 is 2.97. The molecule has 4 rings (SSSR count). The molecule has 0 saturated carbocycles. The lowest BCUT2D eigenvalue weighted by atomic mass is 10.1. The van der Waals surface area contributed by atoms with Gasteiger partial charge in [-0.2, -0.15) is 0 Å². The maximum Gasteiger partial charge on any atom is 0.336 e. The maximum absolute atomic E-state index is 13.0. The molecule has 0 unspecified atom stereocenters. The molecule has 2 aromatic carbocycles. The molecule has 0 aliphatic carbocycles. The Morgan fingerprint density at radius 3 is 2.69 bits per heavy atom. The number of nitrogens with one attached hydrogen (secondary N) is 1. The van der Waals surface area contributed by atoms with Gasteiger partial charge in [0.25, 0.3) is 0 Å². The van der Waals surface area contributed by atoms with Gasteiger partial charge in [0.05, 0.1) is 0 Å². The van der Waals surface area contributed by atoms with Crippen LogP contribution < -0.4 is 10.9 Å². The van der Waals surface area contributed by atoms with Crippen molar-refractivity contribution < 1.29 is 8.81 Å². The Morgan fingerprint density at radius 1 is 1.10 bits per heavy atom. The van der Waals surface area contributed by atoms with E-state index in [1.165, 1.54) is 41.3 Å². The number of hydrogen-bond acceptors (Lipinski definition) is 7. The average molecular weight is 428 g/mol. The zero-order chi connectivity index (χ0) is 20.2. The van der Waals surface area contributed by atoms with E-state index in [1.807, 2.05) is 12.1 Å². The highest BCUT2D eigenvalue weighted by atomic mass is 32.2. The maximum atomic E-state index is 13.0. The number of anilines is 1. The average Bonchev–Trinajstić information content (AvgIpc) is 3.19. The van der Waals surface area contributed by atoms with Crippen LogP contribution in [0.4, 0.5) is 9.52 Å². The van der Waals surface area contributed by atoms with Crippen molar-refractivity contribution in [3.63, 3.8) is 0 Å². The summed E-state index contributed by atoms with van der Waals surface area (Å²) in [5.74, 6) is 0.344. The van der Waals surface area contributed by atoms with Gasteiger partial charge < -0.3 is 9.73 Å². The highest BCUT2D eigenvalue weighted by molar-refractivity contribution is 8.00. The second-order valence-corrected chi connectivity index (χ2v) is 8.62. The minimum absolute atomic E-state index is 0.253. The minimum atomic E-state index is -0.347. The molecule has 0 amide bonds. The number of thioether (sulfide) groups is 1. The Morgan fingerprint density at radius 2 is 1.90 bits per heavy atom. The normalized spacial score (nSPS) is 11.1. The lowest BCUT2D eigenvalue weighted by Crippen LogP contribution is -2.00. The Kier molecular flexibility index (Phi) is 5.92. The van der Waals surface area contributed by atoms with Crippen molar-refractivity contribution >= 4 is 39.2 Å². The number of halogens is 1. The highest BCUT2D eigenvalue weighted by Gasteiger charge is 2.10. The van der Waals surface area contributed by atoms with Crippen LogP contribution in [0.15, 0.2) is 62.1 Å². The SMILES string of the molecule is CCc1ccc2c(CSc3nnc(NCc4ccc(F)cc4)s3)cc(=O)oc2c1. The van der Waals surface area contributed by atoms with Gasteiger partial charge in [-0.25, -0.2) is 9.18 Å². The van der Waals surface area contributed by atoms with E-state index in [2.05, 4.69) is 28.5 Å². The fourth-order valence-electron chi connectivity index (χ4n) is 2.87. The van der Waals surface area contributed by atoms with E-state index >= 15 is 0 Å². The van der Waals surface area contributed by atoms with E-state index in [1.54, 1.807) is 12.1 Å². The lowest BCUT2D eigenvalue weighted by molar-refractivity contribution is 0.559. The Bertz CT molecular complexity index is 1190. The molecule has 5 nitrogen and oxygen atoms in total. The second kappa shape index (κ2) is 8.75. The summed E-state index contributed by atoms with van der Waals surface area (Å²) in [5, 5.41) is 13.2. The third-order valence-corrected chi connectivity index (χ3v) is 6.48. The molecule has 0 bridgehead atoms. The van der Waals surface area contributed by atoms with Crippen molar-refractivity contribution in [1.29, 1.82) is 0 Å². The van der Waals surface area contributed by atoms with Crippen LogP contribution in [0.25, 0.3) is 11.0 Å². The Labute approximate surface area is 175 Å². The van der Waals surface area contributed by atoms with Gasteiger partial charge >= 0.3 is 5.63 Å². The standard InChI is InChI=1S/C21H18FN3O2S2/c1-2-13-5-8-17-15(10-19(26)27-18(17)9-13)12-28-21-25-24-20(29-21)23-11-14-3-6-16(22)7-4-14/h3-10H,2,11-12H2,1H3,(H,23,24). The number of hydrogen-bond donors (Lipinski definition) is 1. The molecule has 0 atom stereocenters. The van der Waals surface area contributed by atoms with E-state index in [9.17, 15) is 9.18 Å². The van der Waals surface area contributed by atoms with Crippen LogP contribution in [0.2, 0.25) is 0 Å². The smallest absolute Gasteiger partial charge is 0.336 e. The van der Waals surface area contributed by atoms with Crippen molar-refractivity contribution in [1.82, 2.24) is 10.2 Å². The number of aromatic nitrogens is 2. The molecule has 29 heavy (non-hydrogen) atoms. The molecule has 2 aromatic heterocycles. The fraction of sp³-hybridized carbons (Fsp3) is 0.190. The molecule has 1 N–H and O–H groups in total. The molecule has 2 heterocycles. The van der Waals surface area contributed by atoms with Crippen molar-refractivity contribution in [3.8, 4) is 0 Å². The van der Waals surface area contributed by atoms with E-state index in [0.29, 0.717) is 23.0 Å². The zero-order valence-electron chi connectivity index (χ0n) is 15.6. The van der Waals surface area contributed by atoms with Crippen LogP contribution >= 0.6 is 23.1 Å². The molecule has 0 fully saturated rings. The molecule has 148 valence electrons. The summed E-state index contributed by atoms with van der Waals surface area (Å²) in [4.78, 5) is 11.9. The van der Waals surface area contributed by atoms with Crippen LogP contribution in [0.5, 0.6) is 0 Å². The van der Waals surface area contributed by atoms with Crippen LogP contribution in [0.3, 0.4) is 0 Å². The van der Waals surface area contributed by atoms with Gasteiger partial charge in [-0.3, -0.25) is 0 Å².